The lowest BCUT2D eigenvalue weighted by Crippen LogP contribution is -2.41. The monoisotopic (exact) mass is 474 g/mol. The summed E-state index contributed by atoms with van der Waals surface area (Å²) in [7, 11) is 3.96. The zero-order chi connectivity index (χ0) is 18.1. The van der Waals surface area contributed by atoms with E-state index in [0.29, 0.717) is 12.0 Å². The Morgan fingerprint density at radius 3 is 2.77 bits per heavy atom. The summed E-state index contributed by atoms with van der Waals surface area (Å²) in [6.45, 7) is 9.97. The van der Waals surface area contributed by atoms with E-state index in [4.69, 9.17) is 9.73 Å². The third-order valence-electron chi connectivity index (χ3n) is 4.86. The first-order valence-corrected chi connectivity index (χ1v) is 9.40. The molecular weight excluding hydrogens is 439 g/mol. The van der Waals surface area contributed by atoms with Gasteiger partial charge in [-0.1, -0.05) is 30.3 Å². The van der Waals surface area contributed by atoms with Crippen LogP contribution < -0.4 is 5.32 Å². The topological polar surface area (TPSA) is 40.1 Å². The van der Waals surface area contributed by atoms with Crippen LogP contribution in [0.5, 0.6) is 0 Å². The Bertz CT molecular complexity index is 526. The molecule has 1 aliphatic rings. The average Bonchev–Trinajstić information content (AvgIpc) is 3.08. The maximum absolute atomic E-state index is 5.31. The van der Waals surface area contributed by atoms with Crippen molar-refractivity contribution < 1.29 is 4.74 Å². The molecule has 1 fully saturated rings. The molecule has 0 aliphatic carbocycles. The summed E-state index contributed by atoms with van der Waals surface area (Å²) in [5, 5.41) is 3.45. The zero-order valence-electron chi connectivity index (χ0n) is 16.6. The molecule has 0 saturated carbocycles. The Morgan fingerprint density at radius 1 is 1.38 bits per heavy atom. The normalized spacial score (nSPS) is 18.7. The minimum atomic E-state index is 0. The van der Waals surface area contributed by atoms with Gasteiger partial charge in [0.25, 0.3) is 0 Å². The smallest absolute Gasteiger partial charge is 0.193 e. The molecule has 26 heavy (non-hydrogen) atoms. The number of ether oxygens (including phenoxy) is 1. The number of nitrogens with one attached hydrogen (secondary N) is 1. The second-order valence-corrected chi connectivity index (χ2v) is 7.00. The van der Waals surface area contributed by atoms with E-state index in [1.54, 1.807) is 7.11 Å². The largest absolute Gasteiger partial charge is 0.384 e. The van der Waals surface area contributed by atoms with E-state index in [9.17, 15) is 0 Å². The van der Waals surface area contributed by atoms with Crippen molar-refractivity contribution >= 4 is 29.9 Å². The van der Waals surface area contributed by atoms with Crippen molar-refractivity contribution in [3.8, 4) is 0 Å². The van der Waals surface area contributed by atoms with Gasteiger partial charge in [-0.05, 0) is 32.9 Å². The van der Waals surface area contributed by atoms with Crippen LogP contribution >= 0.6 is 24.0 Å². The Balaban J connectivity index is 0.00000338. The molecule has 0 spiro atoms. The number of likely N-dealkylation sites (tertiary alicyclic amines) is 1. The highest BCUT2D eigenvalue weighted by atomic mass is 127. The third-order valence-corrected chi connectivity index (χ3v) is 4.86. The molecule has 1 N–H and O–H groups in total. The number of hydrogen-bond donors (Lipinski definition) is 1. The molecule has 0 amide bonds. The van der Waals surface area contributed by atoms with Gasteiger partial charge in [0, 0.05) is 45.2 Å². The molecule has 2 rings (SSSR count). The van der Waals surface area contributed by atoms with Crippen molar-refractivity contribution in [1.29, 1.82) is 0 Å². The molecule has 0 bridgehead atoms. The number of likely N-dealkylation sites (N-methyl/N-ethyl adjacent to an activating group) is 1. The highest BCUT2D eigenvalue weighted by Crippen LogP contribution is 2.16. The highest BCUT2D eigenvalue weighted by molar-refractivity contribution is 14.0. The number of nitrogens with zero attached hydrogens (tertiary/aromatic N) is 3. The molecule has 1 saturated heterocycles. The quantitative estimate of drug-likeness (QED) is 0.357. The van der Waals surface area contributed by atoms with Crippen LogP contribution in [0.15, 0.2) is 35.3 Å². The molecule has 148 valence electrons. The van der Waals surface area contributed by atoms with Crippen LogP contribution in [0.3, 0.4) is 0 Å². The third kappa shape index (κ3) is 7.40. The minimum Gasteiger partial charge on any atom is -0.384 e. The number of methoxy groups -OCH3 is 1. The molecule has 2 atom stereocenters. The van der Waals surface area contributed by atoms with E-state index < -0.39 is 0 Å². The van der Waals surface area contributed by atoms with Gasteiger partial charge in [0.1, 0.15) is 0 Å². The van der Waals surface area contributed by atoms with Crippen molar-refractivity contribution in [2.45, 2.75) is 32.9 Å². The van der Waals surface area contributed by atoms with E-state index in [1.807, 2.05) is 0 Å². The summed E-state index contributed by atoms with van der Waals surface area (Å²) in [6, 6.07) is 11.0. The fourth-order valence-corrected chi connectivity index (χ4v) is 3.21. The zero-order valence-corrected chi connectivity index (χ0v) is 19.0. The molecule has 1 aromatic carbocycles. The van der Waals surface area contributed by atoms with Gasteiger partial charge in [0.15, 0.2) is 5.96 Å². The second-order valence-electron chi connectivity index (χ2n) is 7.00. The molecule has 1 aromatic rings. The van der Waals surface area contributed by atoms with Crippen LogP contribution in [0.1, 0.15) is 25.8 Å². The number of guanidine groups is 1. The van der Waals surface area contributed by atoms with Crippen molar-refractivity contribution in [2.75, 3.05) is 46.9 Å². The number of hydrogen-bond acceptors (Lipinski definition) is 3. The van der Waals surface area contributed by atoms with Crippen molar-refractivity contribution in [1.82, 2.24) is 15.1 Å². The lowest BCUT2D eigenvalue weighted by atomic mass is 10.1. The highest BCUT2D eigenvalue weighted by Gasteiger charge is 2.24. The lowest BCUT2D eigenvalue weighted by Gasteiger charge is -2.26. The Labute approximate surface area is 176 Å². The number of aliphatic imine (C=N–C) groups is 1. The predicted molar refractivity (Wildman–Crippen MR) is 120 cm³/mol. The summed E-state index contributed by atoms with van der Waals surface area (Å²) in [4.78, 5) is 9.63. The fourth-order valence-electron chi connectivity index (χ4n) is 3.21. The molecule has 2 unspecified atom stereocenters. The first-order valence-electron chi connectivity index (χ1n) is 9.40. The standard InChI is InChI=1S/C20H34N4O.HI/c1-5-21-20(24-12-11-19(15-24)16-25-4)22-13-17(2)23(3)14-18-9-7-6-8-10-18;/h6-10,17,19H,5,11-16H2,1-4H3,(H,21,22);1H. The Kier molecular flexibility index (Phi) is 11.2. The lowest BCUT2D eigenvalue weighted by molar-refractivity contribution is 0.157. The van der Waals surface area contributed by atoms with E-state index in [2.05, 4.69) is 66.3 Å². The van der Waals surface area contributed by atoms with E-state index in [-0.39, 0.29) is 24.0 Å². The molecule has 6 heteroatoms. The molecule has 0 radical (unpaired) electrons. The predicted octanol–water partition coefficient (Wildman–Crippen LogP) is 3.06. The van der Waals surface area contributed by atoms with Crippen LogP contribution in [0.2, 0.25) is 0 Å². The summed E-state index contributed by atoms with van der Waals surface area (Å²) >= 11 is 0. The summed E-state index contributed by atoms with van der Waals surface area (Å²) in [6.07, 6.45) is 1.18. The van der Waals surface area contributed by atoms with Crippen LogP contribution in [0, 0.1) is 5.92 Å². The van der Waals surface area contributed by atoms with E-state index >= 15 is 0 Å². The maximum atomic E-state index is 5.31. The summed E-state index contributed by atoms with van der Waals surface area (Å²) in [5.41, 5.74) is 1.34. The van der Waals surface area contributed by atoms with Gasteiger partial charge >= 0.3 is 0 Å². The van der Waals surface area contributed by atoms with Gasteiger partial charge in [-0.25, -0.2) is 0 Å². The van der Waals surface area contributed by atoms with Gasteiger partial charge in [0.05, 0.1) is 13.2 Å². The fraction of sp³-hybridized carbons (Fsp3) is 0.650. The molecular formula is C20H35IN4O. The Hall–Kier alpha value is -0.860. The van der Waals surface area contributed by atoms with Crippen LogP contribution in [0.4, 0.5) is 0 Å². The van der Waals surface area contributed by atoms with Crippen molar-refractivity contribution in [3.05, 3.63) is 35.9 Å². The van der Waals surface area contributed by atoms with Gasteiger partial charge in [-0.3, -0.25) is 9.89 Å². The first kappa shape index (κ1) is 23.2. The van der Waals surface area contributed by atoms with Gasteiger partial charge in [-0.15, -0.1) is 24.0 Å². The number of halogens is 1. The number of rotatable bonds is 8. The van der Waals surface area contributed by atoms with Crippen LogP contribution in [0.25, 0.3) is 0 Å². The average molecular weight is 474 g/mol. The molecule has 0 aromatic heterocycles. The van der Waals surface area contributed by atoms with E-state index in [0.717, 1.165) is 45.3 Å². The first-order chi connectivity index (χ1) is 12.1. The second kappa shape index (κ2) is 12.5. The van der Waals surface area contributed by atoms with Gasteiger partial charge < -0.3 is 15.0 Å². The Morgan fingerprint density at radius 2 is 2.12 bits per heavy atom. The summed E-state index contributed by atoms with van der Waals surface area (Å²) in [5.74, 6) is 1.66. The summed E-state index contributed by atoms with van der Waals surface area (Å²) < 4.78 is 5.31. The van der Waals surface area contributed by atoms with E-state index in [1.165, 1.54) is 12.0 Å². The molecule has 5 nitrogen and oxygen atoms in total. The van der Waals surface area contributed by atoms with Crippen LogP contribution in [-0.2, 0) is 11.3 Å². The van der Waals surface area contributed by atoms with Gasteiger partial charge in [-0.2, -0.15) is 0 Å². The van der Waals surface area contributed by atoms with Crippen molar-refractivity contribution in [2.24, 2.45) is 10.9 Å². The maximum Gasteiger partial charge on any atom is 0.193 e. The number of benzene rings is 1. The minimum absolute atomic E-state index is 0. The molecule has 1 heterocycles. The van der Waals surface area contributed by atoms with Crippen LogP contribution in [-0.4, -0.2) is 68.7 Å². The molecule has 1 aliphatic heterocycles. The van der Waals surface area contributed by atoms with Gasteiger partial charge in [0.2, 0.25) is 0 Å². The SMILES string of the molecule is CCNC(=NCC(C)N(C)Cc1ccccc1)N1CCC(COC)C1.I. The van der Waals surface area contributed by atoms with Crippen molar-refractivity contribution in [3.63, 3.8) is 0 Å².